The average Bonchev–Trinajstić information content (AvgIpc) is 3.27. The maximum atomic E-state index is 4.74. The molecule has 3 aromatic rings. The Labute approximate surface area is 183 Å². The van der Waals surface area contributed by atoms with E-state index in [0.717, 1.165) is 61.9 Å². The molecule has 5 rings (SSSR count). The van der Waals surface area contributed by atoms with Crippen LogP contribution in [-0.2, 0) is 6.42 Å². The van der Waals surface area contributed by atoms with E-state index in [1.54, 1.807) is 0 Å². The van der Waals surface area contributed by atoms with Crippen molar-refractivity contribution in [3.8, 4) is 0 Å². The van der Waals surface area contributed by atoms with E-state index in [0.29, 0.717) is 5.95 Å². The Morgan fingerprint density at radius 2 is 1.77 bits per heavy atom. The highest BCUT2D eigenvalue weighted by Crippen LogP contribution is 2.32. The fourth-order valence-corrected chi connectivity index (χ4v) is 4.17. The molecule has 2 aromatic carbocycles. The predicted molar refractivity (Wildman–Crippen MR) is 128 cm³/mol. The Balaban J connectivity index is 1.30. The zero-order valence-electron chi connectivity index (χ0n) is 18.2. The number of aromatic nitrogens is 2. The number of aryl methyl sites for hydroxylation is 1. The summed E-state index contributed by atoms with van der Waals surface area (Å²) in [6.45, 7) is 7.35. The van der Waals surface area contributed by atoms with Gasteiger partial charge in [-0.25, -0.2) is 4.98 Å². The molecule has 0 amide bonds. The SMILES string of the molecule is Cc1cnc(Nc2ccc(N3CCN(C)CC3)cc2)nc1Nc1cccc2c1CCN2. The van der Waals surface area contributed by atoms with Crippen molar-refractivity contribution in [3.05, 3.63) is 59.8 Å². The highest BCUT2D eigenvalue weighted by atomic mass is 15.2. The summed E-state index contributed by atoms with van der Waals surface area (Å²) in [7, 11) is 2.18. The second-order valence-electron chi connectivity index (χ2n) is 8.32. The van der Waals surface area contributed by atoms with Gasteiger partial charge in [0.1, 0.15) is 5.82 Å². The third-order valence-corrected chi connectivity index (χ3v) is 6.08. The van der Waals surface area contributed by atoms with Gasteiger partial charge in [-0.05, 0) is 56.8 Å². The maximum Gasteiger partial charge on any atom is 0.229 e. The number of rotatable bonds is 5. The van der Waals surface area contributed by atoms with Crippen LogP contribution in [0.4, 0.5) is 34.5 Å². The Morgan fingerprint density at radius 3 is 2.58 bits per heavy atom. The van der Waals surface area contributed by atoms with E-state index in [1.807, 2.05) is 13.1 Å². The molecule has 160 valence electrons. The largest absolute Gasteiger partial charge is 0.384 e. The molecule has 0 bridgehead atoms. The van der Waals surface area contributed by atoms with Crippen LogP contribution in [0.3, 0.4) is 0 Å². The number of fused-ring (bicyclic) bond motifs is 1. The van der Waals surface area contributed by atoms with E-state index >= 15 is 0 Å². The maximum absolute atomic E-state index is 4.74. The number of hydrogen-bond donors (Lipinski definition) is 3. The number of hydrogen-bond acceptors (Lipinski definition) is 7. The third-order valence-electron chi connectivity index (χ3n) is 6.08. The van der Waals surface area contributed by atoms with Gasteiger partial charge in [0.2, 0.25) is 5.95 Å². The first-order valence-electron chi connectivity index (χ1n) is 10.9. The molecule has 0 unspecified atom stereocenters. The average molecular weight is 416 g/mol. The minimum Gasteiger partial charge on any atom is -0.384 e. The van der Waals surface area contributed by atoms with Crippen molar-refractivity contribution in [1.82, 2.24) is 14.9 Å². The van der Waals surface area contributed by atoms with E-state index in [1.165, 1.54) is 16.9 Å². The van der Waals surface area contributed by atoms with Gasteiger partial charge in [0, 0.05) is 72.8 Å². The summed E-state index contributed by atoms with van der Waals surface area (Å²) < 4.78 is 0. The second-order valence-corrected chi connectivity index (χ2v) is 8.32. The van der Waals surface area contributed by atoms with Crippen LogP contribution in [0, 0.1) is 6.92 Å². The van der Waals surface area contributed by atoms with Crippen LogP contribution < -0.4 is 20.9 Å². The lowest BCUT2D eigenvalue weighted by Crippen LogP contribution is -2.44. The van der Waals surface area contributed by atoms with Gasteiger partial charge in [0.25, 0.3) is 0 Å². The lowest BCUT2D eigenvalue weighted by molar-refractivity contribution is 0.313. The number of nitrogens with one attached hydrogen (secondary N) is 3. The molecule has 3 N–H and O–H groups in total. The fourth-order valence-electron chi connectivity index (χ4n) is 4.17. The standard InChI is InChI=1S/C24H29N7/c1-17-16-26-24(29-23(17)28-22-5-3-4-21-20(22)10-11-25-21)27-18-6-8-19(9-7-18)31-14-12-30(2)13-15-31/h3-9,16,25H,10-15H2,1-2H3,(H2,26,27,28,29). The Kier molecular flexibility index (Phi) is 5.34. The summed E-state index contributed by atoms with van der Waals surface area (Å²) in [5.74, 6) is 1.41. The van der Waals surface area contributed by atoms with Crippen molar-refractivity contribution in [2.45, 2.75) is 13.3 Å². The zero-order valence-corrected chi connectivity index (χ0v) is 18.2. The Morgan fingerprint density at radius 1 is 0.968 bits per heavy atom. The summed E-state index contributed by atoms with van der Waals surface area (Å²) in [4.78, 5) is 14.0. The van der Waals surface area contributed by atoms with Crippen LogP contribution in [-0.4, -0.2) is 54.6 Å². The molecule has 2 aliphatic heterocycles. The molecule has 1 saturated heterocycles. The molecule has 2 aliphatic rings. The van der Waals surface area contributed by atoms with Gasteiger partial charge in [-0.1, -0.05) is 6.07 Å². The van der Waals surface area contributed by atoms with E-state index in [-0.39, 0.29) is 0 Å². The molecule has 0 spiro atoms. The molecular weight excluding hydrogens is 386 g/mol. The van der Waals surface area contributed by atoms with Crippen LogP contribution in [0.25, 0.3) is 0 Å². The molecule has 1 fully saturated rings. The summed E-state index contributed by atoms with van der Waals surface area (Å²) in [6, 6.07) is 14.8. The molecule has 0 radical (unpaired) electrons. The fraction of sp³-hybridized carbons (Fsp3) is 0.333. The number of piperazine rings is 1. The molecular formula is C24H29N7. The lowest BCUT2D eigenvalue weighted by atomic mass is 10.1. The van der Waals surface area contributed by atoms with Crippen molar-refractivity contribution in [1.29, 1.82) is 0 Å². The number of likely N-dealkylation sites (N-methyl/N-ethyl adjacent to an activating group) is 1. The lowest BCUT2D eigenvalue weighted by Gasteiger charge is -2.34. The summed E-state index contributed by atoms with van der Waals surface area (Å²) >= 11 is 0. The number of benzene rings is 2. The van der Waals surface area contributed by atoms with Gasteiger partial charge in [0.05, 0.1) is 0 Å². The zero-order chi connectivity index (χ0) is 21.2. The van der Waals surface area contributed by atoms with Crippen molar-refractivity contribution < 1.29 is 0 Å². The van der Waals surface area contributed by atoms with Gasteiger partial charge in [-0.2, -0.15) is 4.98 Å². The molecule has 0 saturated carbocycles. The number of nitrogens with zero attached hydrogens (tertiary/aromatic N) is 4. The molecule has 0 aliphatic carbocycles. The van der Waals surface area contributed by atoms with Crippen LogP contribution in [0.1, 0.15) is 11.1 Å². The minimum absolute atomic E-state index is 0.589. The van der Waals surface area contributed by atoms with Gasteiger partial charge in [-0.15, -0.1) is 0 Å². The van der Waals surface area contributed by atoms with Crippen LogP contribution >= 0.6 is 0 Å². The first kappa shape index (κ1) is 19.6. The normalized spacial score (nSPS) is 16.0. The molecule has 7 nitrogen and oxygen atoms in total. The van der Waals surface area contributed by atoms with Crippen molar-refractivity contribution >= 4 is 34.5 Å². The summed E-state index contributed by atoms with van der Waals surface area (Å²) in [5.41, 5.74) is 6.88. The smallest absolute Gasteiger partial charge is 0.229 e. The molecule has 0 atom stereocenters. The summed E-state index contributed by atoms with van der Waals surface area (Å²) in [6.07, 6.45) is 2.88. The second kappa shape index (κ2) is 8.43. The highest BCUT2D eigenvalue weighted by Gasteiger charge is 2.16. The molecule has 1 aromatic heterocycles. The monoisotopic (exact) mass is 415 g/mol. The highest BCUT2D eigenvalue weighted by molar-refractivity contribution is 5.73. The molecule has 31 heavy (non-hydrogen) atoms. The van der Waals surface area contributed by atoms with E-state index in [2.05, 4.69) is 80.2 Å². The Hall–Kier alpha value is -3.32. The van der Waals surface area contributed by atoms with Gasteiger partial charge < -0.3 is 25.8 Å². The Bertz CT molecular complexity index is 1060. The van der Waals surface area contributed by atoms with E-state index < -0.39 is 0 Å². The van der Waals surface area contributed by atoms with Gasteiger partial charge in [0.15, 0.2) is 0 Å². The minimum atomic E-state index is 0.589. The topological polar surface area (TPSA) is 68.4 Å². The van der Waals surface area contributed by atoms with E-state index in [9.17, 15) is 0 Å². The predicted octanol–water partition coefficient (Wildman–Crippen LogP) is 3.99. The van der Waals surface area contributed by atoms with Crippen LogP contribution in [0.2, 0.25) is 0 Å². The first-order valence-corrected chi connectivity index (χ1v) is 10.9. The quantitative estimate of drug-likeness (QED) is 0.582. The number of anilines is 6. The first-order chi connectivity index (χ1) is 15.2. The van der Waals surface area contributed by atoms with E-state index in [4.69, 9.17) is 4.98 Å². The molecule has 7 heteroatoms. The van der Waals surface area contributed by atoms with Gasteiger partial charge in [-0.3, -0.25) is 0 Å². The van der Waals surface area contributed by atoms with Gasteiger partial charge >= 0.3 is 0 Å². The van der Waals surface area contributed by atoms with Crippen molar-refractivity contribution in [3.63, 3.8) is 0 Å². The van der Waals surface area contributed by atoms with Crippen molar-refractivity contribution in [2.24, 2.45) is 0 Å². The van der Waals surface area contributed by atoms with Crippen LogP contribution in [0.5, 0.6) is 0 Å². The van der Waals surface area contributed by atoms with Crippen molar-refractivity contribution in [2.75, 3.05) is 60.6 Å². The molecule has 3 heterocycles. The summed E-state index contributed by atoms with van der Waals surface area (Å²) in [5, 5.41) is 10.3. The third kappa shape index (κ3) is 4.27. The van der Waals surface area contributed by atoms with Crippen LogP contribution in [0.15, 0.2) is 48.7 Å².